The third-order valence-electron chi connectivity index (χ3n) is 5.18. The minimum Gasteiger partial charge on any atom is -0.343 e. The highest BCUT2D eigenvalue weighted by Crippen LogP contribution is 2.31. The molecule has 0 aliphatic rings. The van der Waals surface area contributed by atoms with E-state index in [1.807, 2.05) is 0 Å². The van der Waals surface area contributed by atoms with Crippen LogP contribution < -0.4 is 0 Å². The molecule has 0 aliphatic carbocycles. The first kappa shape index (κ1) is 17.4. The number of rotatable bonds is 6. The molecule has 0 N–H and O–H groups in total. The van der Waals surface area contributed by atoms with Crippen molar-refractivity contribution in [2.75, 3.05) is 0 Å². The van der Waals surface area contributed by atoms with E-state index in [1.54, 1.807) is 0 Å². The van der Waals surface area contributed by atoms with Crippen molar-refractivity contribution in [3.8, 4) is 0 Å². The third-order valence-corrected chi connectivity index (χ3v) is 5.18. The van der Waals surface area contributed by atoms with Gasteiger partial charge in [-0.3, -0.25) is 0 Å². The first-order chi connectivity index (χ1) is 13.3. The van der Waals surface area contributed by atoms with Crippen molar-refractivity contribution in [2.24, 2.45) is 0 Å². The monoisotopic (exact) mass is 351 g/mol. The molecule has 0 saturated heterocycles. The highest BCUT2D eigenvalue weighted by atomic mass is 15.0. The van der Waals surface area contributed by atoms with Gasteiger partial charge in [0.05, 0.1) is 0 Å². The molecule has 1 heterocycles. The number of hydrogen-bond donors (Lipinski definition) is 0. The quantitative estimate of drug-likeness (QED) is 0.356. The Kier molecular flexibility index (Phi) is 5.20. The maximum Gasteiger partial charge on any atom is 0.0486 e. The predicted molar refractivity (Wildman–Crippen MR) is 116 cm³/mol. The van der Waals surface area contributed by atoms with Crippen molar-refractivity contribution in [2.45, 2.75) is 25.8 Å². The molecule has 1 nitrogen and oxygen atoms in total. The zero-order valence-electron chi connectivity index (χ0n) is 15.8. The first-order valence-corrected chi connectivity index (χ1v) is 9.70. The third kappa shape index (κ3) is 3.88. The SMILES string of the molecule is CC[C@@H](/C=C/c1ccccc1)c1cn(Cc2ccccc2)c2ccccc12. The van der Waals surface area contributed by atoms with E-state index >= 15 is 0 Å². The summed E-state index contributed by atoms with van der Waals surface area (Å²) in [4.78, 5) is 0. The topological polar surface area (TPSA) is 4.93 Å². The van der Waals surface area contributed by atoms with Gasteiger partial charge in [-0.2, -0.15) is 0 Å². The normalized spacial score (nSPS) is 12.6. The van der Waals surface area contributed by atoms with E-state index in [2.05, 4.69) is 115 Å². The molecule has 0 radical (unpaired) electrons. The molecule has 0 aliphatic heterocycles. The summed E-state index contributed by atoms with van der Waals surface area (Å²) in [5, 5.41) is 1.36. The van der Waals surface area contributed by atoms with Gasteiger partial charge in [-0.25, -0.2) is 0 Å². The fraction of sp³-hybridized carbons (Fsp3) is 0.154. The van der Waals surface area contributed by atoms with E-state index in [0.717, 1.165) is 13.0 Å². The molecule has 3 aromatic carbocycles. The number of nitrogens with zero attached hydrogens (tertiary/aromatic N) is 1. The Morgan fingerprint density at radius 1 is 0.815 bits per heavy atom. The molecule has 27 heavy (non-hydrogen) atoms. The molecule has 0 fully saturated rings. The maximum atomic E-state index is 2.39. The second kappa shape index (κ2) is 8.09. The molecule has 1 aromatic heterocycles. The number of fused-ring (bicyclic) bond motifs is 1. The second-order valence-electron chi connectivity index (χ2n) is 7.00. The molecule has 134 valence electrons. The lowest BCUT2D eigenvalue weighted by molar-refractivity contribution is 0.787. The van der Waals surface area contributed by atoms with Crippen LogP contribution in [-0.4, -0.2) is 4.57 Å². The molecular weight excluding hydrogens is 326 g/mol. The average Bonchev–Trinajstić information content (AvgIpc) is 3.09. The predicted octanol–water partition coefficient (Wildman–Crippen LogP) is 6.90. The van der Waals surface area contributed by atoms with Crippen LogP contribution in [0.4, 0.5) is 0 Å². The molecule has 0 unspecified atom stereocenters. The van der Waals surface area contributed by atoms with Gasteiger partial charge in [-0.05, 0) is 29.2 Å². The molecule has 1 heteroatoms. The van der Waals surface area contributed by atoms with E-state index in [1.165, 1.54) is 27.6 Å². The lowest BCUT2D eigenvalue weighted by atomic mass is 9.95. The highest BCUT2D eigenvalue weighted by Gasteiger charge is 2.14. The number of para-hydroxylation sites is 1. The van der Waals surface area contributed by atoms with Gasteiger partial charge in [-0.1, -0.05) is 97.9 Å². The van der Waals surface area contributed by atoms with Gasteiger partial charge >= 0.3 is 0 Å². The number of hydrogen-bond acceptors (Lipinski definition) is 0. The average molecular weight is 351 g/mol. The van der Waals surface area contributed by atoms with Crippen LogP contribution in [-0.2, 0) is 6.54 Å². The number of aromatic nitrogens is 1. The van der Waals surface area contributed by atoms with Crippen molar-refractivity contribution in [1.82, 2.24) is 4.57 Å². The summed E-state index contributed by atoms with van der Waals surface area (Å²) in [6.45, 7) is 3.17. The van der Waals surface area contributed by atoms with Gasteiger partial charge in [0, 0.05) is 29.6 Å². The molecule has 0 bridgehead atoms. The molecule has 0 amide bonds. The van der Waals surface area contributed by atoms with Crippen molar-refractivity contribution < 1.29 is 0 Å². The van der Waals surface area contributed by atoms with E-state index < -0.39 is 0 Å². The molecule has 0 spiro atoms. The fourth-order valence-electron chi connectivity index (χ4n) is 3.73. The number of benzene rings is 3. The van der Waals surface area contributed by atoms with Crippen LogP contribution in [0.5, 0.6) is 0 Å². The Balaban J connectivity index is 1.71. The molecule has 4 rings (SSSR count). The second-order valence-corrected chi connectivity index (χ2v) is 7.00. The van der Waals surface area contributed by atoms with Crippen LogP contribution in [0.25, 0.3) is 17.0 Å². The first-order valence-electron chi connectivity index (χ1n) is 9.70. The Morgan fingerprint density at radius 3 is 2.22 bits per heavy atom. The Morgan fingerprint density at radius 2 is 1.48 bits per heavy atom. The van der Waals surface area contributed by atoms with Crippen LogP contribution in [0.3, 0.4) is 0 Å². The summed E-state index contributed by atoms with van der Waals surface area (Å²) in [7, 11) is 0. The van der Waals surface area contributed by atoms with Gasteiger partial charge in [0.15, 0.2) is 0 Å². The maximum absolute atomic E-state index is 2.39. The summed E-state index contributed by atoms with van der Waals surface area (Å²) in [5.41, 5.74) is 5.31. The van der Waals surface area contributed by atoms with Crippen LogP contribution >= 0.6 is 0 Å². The lowest BCUT2D eigenvalue weighted by Gasteiger charge is -2.09. The summed E-state index contributed by atoms with van der Waals surface area (Å²) in [6.07, 6.45) is 8.03. The molecular formula is C26H25N. The van der Waals surface area contributed by atoms with E-state index in [0.29, 0.717) is 5.92 Å². The van der Waals surface area contributed by atoms with Crippen molar-refractivity contribution in [3.63, 3.8) is 0 Å². The van der Waals surface area contributed by atoms with Crippen LogP contribution in [0.2, 0.25) is 0 Å². The van der Waals surface area contributed by atoms with Gasteiger partial charge < -0.3 is 4.57 Å². The minimum absolute atomic E-state index is 0.409. The largest absolute Gasteiger partial charge is 0.343 e. The van der Waals surface area contributed by atoms with Crippen molar-refractivity contribution in [1.29, 1.82) is 0 Å². The zero-order valence-corrected chi connectivity index (χ0v) is 15.8. The van der Waals surface area contributed by atoms with E-state index in [4.69, 9.17) is 0 Å². The fourth-order valence-corrected chi connectivity index (χ4v) is 3.73. The minimum atomic E-state index is 0.409. The van der Waals surface area contributed by atoms with Gasteiger partial charge in [0.1, 0.15) is 0 Å². The van der Waals surface area contributed by atoms with Crippen molar-refractivity contribution in [3.05, 3.63) is 114 Å². The van der Waals surface area contributed by atoms with Crippen molar-refractivity contribution >= 4 is 17.0 Å². The molecule has 1 atom stereocenters. The summed E-state index contributed by atoms with van der Waals surface area (Å²) in [6, 6.07) is 30.0. The Hall–Kier alpha value is -3.06. The summed E-state index contributed by atoms with van der Waals surface area (Å²) < 4.78 is 2.39. The molecule has 4 aromatic rings. The zero-order chi connectivity index (χ0) is 18.5. The lowest BCUT2D eigenvalue weighted by Crippen LogP contribution is -1.98. The smallest absolute Gasteiger partial charge is 0.0486 e. The highest BCUT2D eigenvalue weighted by molar-refractivity contribution is 5.85. The van der Waals surface area contributed by atoms with Gasteiger partial charge in [0.2, 0.25) is 0 Å². The Bertz CT molecular complexity index is 1030. The van der Waals surface area contributed by atoms with Gasteiger partial charge in [0.25, 0.3) is 0 Å². The standard InChI is InChI=1S/C26H25N/c1-2-23(18-17-21-11-5-3-6-12-21)25-20-27(19-22-13-7-4-8-14-22)26-16-10-9-15-24(25)26/h3-18,20,23H,2,19H2,1H3/b18-17+/t23-/m0/s1. The van der Waals surface area contributed by atoms with Gasteiger partial charge in [-0.15, -0.1) is 0 Å². The Labute approximate surface area is 161 Å². The summed E-state index contributed by atoms with van der Waals surface area (Å²) in [5.74, 6) is 0.409. The summed E-state index contributed by atoms with van der Waals surface area (Å²) >= 11 is 0. The van der Waals surface area contributed by atoms with E-state index in [9.17, 15) is 0 Å². The van der Waals surface area contributed by atoms with Crippen LogP contribution in [0.15, 0.2) is 97.2 Å². The number of allylic oxidation sites excluding steroid dienone is 1. The molecule has 0 saturated carbocycles. The van der Waals surface area contributed by atoms with Crippen LogP contribution in [0.1, 0.15) is 36.0 Å². The van der Waals surface area contributed by atoms with Crippen LogP contribution in [0, 0.1) is 0 Å². The van der Waals surface area contributed by atoms with E-state index in [-0.39, 0.29) is 0 Å².